The summed E-state index contributed by atoms with van der Waals surface area (Å²) in [6.45, 7) is 0. The smallest absolute Gasteiger partial charge is 0.415 e. The molecule has 226 valence electrons. The molecule has 0 saturated carbocycles. The topological polar surface area (TPSA) is 0 Å². The SMILES string of the molecule is F[C-](F)C(F)(F)C(F)(F)[C-](F)F.[Ni+2].c1ccc(P(CCCP(c2ccccc2)c2ccccc2)c2ccccc2)cc1. The molecule has 4 aromatic rings. The monoisotopic (exact) mass is 670 g/mol. The summed E-state index contributed by atoms with van der Waals surface area (Å²) >= 11 is 0. The van der Waals surface area contributed by atoms with Gasteiger partial charge in [-0.1, -0.05) is 121 Å². The first-order valence-corrected chi connectivity index (χ1v) is 15.5. The van der Waals surface area contributed by atoms with Crippen molar-refractivity contribution >= 4 is 37.1 Å². The van der Waals surface area contributed by atoms with E-state index in [1.54, 1.807) is 0 Å². The van der Waals surface area contributed by atoms with Gasteiger partial charge in [0.15, 0.2) is 0 Å². The van der Waals surface area contributed by atoms with E-state index in [1.807, 2.05) is 0 Å². The Morgan fingerprint density at radius 3 is 0.833 bits per heavy atom. The number of hydrogen-bond donors (Lipinski definition) is 0. The first-order valence-electron chi connectivity index (χ1n) is 12.4. The van der Waals surface area contributed by atoms with Crippen molar-refractivity contribution in [1.29, 1.82) is 0 Å². The maximum absolute atomic E-state index is 11.5. The van der Waals surface area contributed by atoms with Crippen molar-refractivity contribution in [3.8, 4) is 0 Å². The zero-order valence-electron chi connectivity index (χ0n) is 21.9. The summed E-state index contributed by atoms with van der Waals surface area (Å²) in [6, 6.07) is 44.3. The molecule has 11 heteroatoms. The Labute approximate surface area is 253 Å². The normalized spacial score (nSPS) is 11.8. The van der Waals surface area contributed by atoms with Gasteiger partial charge < -0.3 is 17.6 Å². The predicted octanol–water partition coefficient (Wildman–Crippen LogP) is 8.75. The molecule has 0 atom stereocenters. The van der Waals surface area contributed by atoms with Crippen LogP contribution in [0.5, 0.6) is 0 Å². The van der Waals surface area contributed by atoms with Gasteiger partial charge in [-0.25, -0.2) is 17.6 Å². The summed E-state index contributed by atoms with van der Waals surface area (Å²) in [5, 5.41) is 5.94. The largest absolute Gasteiger partial charge is 2.00 e. The second kappa shape index (κ2) is 17.1. The minimum Gasteiger partial charge on any atom is -0.415 e. The molecule has 0 radical (unpaired) electrons. The van der Waals surface area contributed by atoms with Gasteiger partial charge in [0.25, 0.3) is 0 Å². The first-order chi connectivity index (χ1) is 19.6. The van der Waals surface area contributed by atoms with Gasteiger partial charge in [0.2, 0.25) is 11.8 Å². The molecule has 0 unspecified atom stereocenters. The Bertz CT molecular complexity index is 1100. The number of rotatable bonds is 11. The number of halogens is 8. The van der Waals surface area contributed by atoms with Crippen LogP contribution in [0.4, 0.5) is 35.1 Å². The van der Waals surface area contributed by atoms with Gasteiger partial charge in [0.1, 0.15) is 0 Å². The number of hydrogen-bond acceptors (Lipinski definition) is 0. The Kier molecular flexibility index (Phi) is 14.6. The van der Waals surface area contributed by atoms with Crippen molar-refractivity contribution in [2.24, 2.45) is 0 Å². The Morgan fingerprint density at radius 1 is 0.429 bits per heavy atom. The third-order valence-corrected chi connectivity index (χ3v) is 11.1. The van der Waals surface area contributed by atoms with Gasteiger partial charge in [-0.3, -0.25) is 0 Å². The fourth-order valence-corrected chi connectivity index (χ4v) is 8.83. The van der Waals surface area contributed by atoms with Crippen molar-refractivity contribution in [2.75, 3.05) is 12.3 Å². The summed E-state index contributed by atoms with van der Waals surface area (Å²) in [7, 11) is -0.618. The maximum Gasteiger partial charge on any atom is 2.00 e. The van der Waals surface area contributed by atoms with Crippen LogP contribution in [-0.2, 0) is 16.5 Å². The van der Waals surface area contributed by atoms with Crippen molar-refractivity contribution in [3.63, 3.8) is 0 Å². The van der Waals surface area contributed by atoms with Crippen LogP contribution in [0.3, 0.4) is 0 Å². The molecule has 0 aliphatic heterocycles. The van der Waals surface area contributed by atoms with Crippen LogP contribution >= 0.6 is 15.8 Å². The molecule has 4 aromatic carbocycles. The van der Waals surface area contributed by atoms with Crippen LogP contribution in [0.15, 0.2) is 121 Å². The zero-order chi connectivity index (χ0) is 29.9. The molecular formula is C31H26F8NiP2. The van der Waals surface area contributed by atoms with Crippen LogP contribution < -0.4 is 21.2 Å². The summed E-state index contributed by atoms with van der Waals surface area (Å²) in [5.74, 6) is -12.2. The van der Waals surface area contributed by atoms with E-state index in [0.29, 0.717) is 0 Å². The van der Waals surface area contributed by atoms with E-state index >= 15 is 0 Å². The van der Waals surface area contributed by atoms with Gasteiger partial charge in [0.05, 0.1) is 12.9 Å². The third-order valence-electron chi connectivity index (χ3n) is 5.90. The van der Waals surface area contributed by atoms with Gasteiger partial charge in [-0.05, 0) is 55.8 Å². The summed E-state index contributed by atoms with van der Waals surface area (Å²) in [6.07, 6.45) is -4.39. The van der Waals surface area contributed by atoms with Crippen molar-refractivity contribution < 1.29 is 51.6 Å². The van der Waals surface area contributed by atoms with Gasteiger partial charge >= 0.3 is 16.5 Å². The van der Waals surface area contributed by atoms with Crippen LogP contribution in [0.1, 0.15) is 6.42 Å². The molecule has 0 aliphatic rings. The number of alkyl halides is 4. The summed E-state index contributed by atoms with van der Waals surface area (Å²) in [4.78, 5) is 0. The van der Waals surface area contributed by atoms with E-state index < -0.39 is 24.7 Å². The van der Waals surface area contributed by atoms with Crippen LogP contribution in [-0.4, -0.2) is 24.2 Å². The maximum atomic E-state index is 11.5. The second-order valence-corrected chi connectivity index (χ2v) is 13.3. The molecule has 0 amide bonds. The molecule has 0 aromatic heterocycles. The van der Waals surface area contributed by atoms with Crippen molar-refractivity contribution in [2.45, 2.75) is 18.3 Å². The van der Waals surface area contributed by atoms with Crippen LogP contribution in [0.2, 0.25) is 0 Å². The molecule has 0 spiro atoms. The first kappa shape index (κ1) is 35.9. The van der Waals surface area contributed by atoms with E-state index in [-0.39, 0.29) is 32.3 Å². The van der Waals surface area contributed by atoms with Gasteiger partial charge in [0, 0.05) is 0 Å². The molecule has 42 heavy (non-hydrogen) atoms. The Morgan fingerprint density at radius 2 is 0.643 bits per heavy atom. The summed E-state index contributed by atoms with van der Waals surface area (Å²) < 4.78 is 90.2. The quantitative estimate of drug-likeness (QED) is 0.0648. The molecule has 4 rings (SSSR count). The molecule has 0 bridgehead atoms. The molecule has 0 aliphatic carbocycles. The fraction of sp³-hybridized carbons (Fsp3) is 0.161. The average Bonchev–Trinajstić information content (AvgIpc) is 2.99. The molecule has 0 fully saturated rings. The minimum atomic E-state index is -6.12. The van der Waals surface area contributed by atoms with Gasteiger partial charge in [-0.15, -0.1) is 0 Å². The van der Waals surface area contributed by atoms with E-state index in [9.17, 15) is 35.1 Å². The molecule has 0 N–H and O–H groups in total. The number of benzene rings is 4. The predicted molar refractivity (Wildman–Crippen MR) is 153 cm³/mol. The summed E-state index contributed by atoms with van der Waals surface area (Å²) in [5.41, 5.74) is 0. The van der Waals surface area contributed by atoms with Gasteiger partial charge in [-0.2, -0.15) is 0 Å². The van der Waals surface area contributed by atoms with E-state index in [2.05, 4.69) is 121 Å². The standard InChI is InChI=1S/C27H26P2.C4F8.Ni/c1-5-14-24(15-6-1)28(25-16-7-2-8-17-25)22-13-23-29(26-18-9-3-10-19-26)27-20-11-4-12-21-27;5-1(6)3(9,10)4(11,12)2(7)8;/h1-12,14-21H,13,22-23H2;;/q;-2;+2. The molecule has 0 heterocycles. The Balaban J connectivity index is 0.000000405. The molecule has 0 saturated heterocycles. The minimum absolute atomic E-state index is 0. The van der Waals surface area contributed by atoms with Crippen molar-refractivity contribution in [3.05, 3.63) is 134 Å². The fourth-order valence-electron chi connectivity index (χ4n) is 3.87. The molecule has 0 nitrogen and oxygen atoms in total. The van der Waals surface area contributed by atoms with Crippen molar-refractivity contribution in [1.82, 2.24) is 0 Å². The van der Waals surface area contributed by atoms with E-state index in [1.165, 1.54) is 40.0 Å². The second-order valence-electron chi connectivity index (χ2n) is 8.67. The van der Waals surface area contributed by atoms with E-state index in [0.717, 1.165) is 0 Å². The molecular weight excluding hydrogens is 645 g/mol. The average molecular weight is 671 g/mol. The van der Waals surface area contributed by atoms with Crippen LogP contribution in [0, 0.1) is 12.9 Å². The Hall–Kier alpha value is -2.33. The third kappa shape index (κ3) is 9.59. The zero-order valence-corrected chi connectivity index (χ0v) is 24.7. The van der Waals surface area contributed by atoms with E-state index in [4.69, 9.17) is 0 Å². The van der Waals surface area contributed by atoms with Crippen LogP contribution in [0.25, 0.3) is 0 Å².